The summed E-state index contributed by atoms with van der Waals surface area (Å²) in [4.78, 5) is 13.6. The lowest BCUT2D eigenvalue weighted by Crippen LogP contribution is -2.43. The molecule has 0 bridgehead atoms. The van der Waals surface area contributed by atoms with Crippen molar-refractivity contribution < 1.29 is 0 Å². The van der Waals surface area contributed by atoms with Crippen LogP contribution in [0.15, 0.2) is 12.5 Å². The predicted octanol–water partition coefficient (Wildman–Crippen LogP) is 1.28. The van der Waals surface area contributed by atoms with Crippen molar-refractivity contribution in [2.45, 2.75) is 25.8 Å². The molecule has 0 saturated carbocycles. The van der Waals surface area contributed by atoms with Gasteiger partial charge >= 0.3 is 0 Å². The smallest absolute Gasteiger partial charge is 0.163 e. The molecule has 3 rings (SSSR count). The molecule has 0 atom stereocenters. The van der Waals surface area contributed by atoms with E-state index in [-0.39, 0.29) is 0 Å². The second kappa shape index (κ2) is 5.36. The Balaban J connectivity index is 1.84. The maximum Gasteiger partial charge on any atom is 0.163 e. The molecule has 1 fully saturated rings. The van der Waals surface area contributed by atoms with Crippen LogP contribution in [0.4, 0.5) is 5.82 Å². The van der Waals surface area contributed by atoms with Crippen LogP contribution >= 0.6 is 0 Å². The lowest BCUT2D eigenvalue weighted by molar-refractivity contribution is 0.220. The van der Waals surface area contributed by atoms with Crippen LogP contribution in [-0.4, -0.2) is 57.4 Å². The van der Waals surface area contributed by atoms with E-state index in [4.69, 9.17) is 0 Å². The molecule has 0 amide bonds. The topological polar surface area (TPSA) is 50.1 Å². The maximum absolute atomic E-state index is 4.48. The Morgan fingerprint density at radius 1 is 1.30 bits per heavy atom. The highest BCUT2D eigenvalue weighted by molar-refractivity contribution is 5.86. The molecule has 0 aromatic carbocycles. The van der Waals surface area contributed by atoms with Gasteiger partial charge in [0, 0.05) is 33.2 Å². The molecule has 20 heavy (non-hydrogen) atoms. The molecule has 6 nitrogen and oxygen atoms in total. The van der Waals surface area contributed by atoms with Gasteiger partial charge < -0.3 is 9.80 Å². The van der Waals surface area contributed by atoms with E-state index in [2.05, 4.69) is 38.8 Å². The van der Waals surface area contributed by atoms with Crippen molar-refractivity contribution >= 4 is 16.9 Å². The Labute approximate surface area is 119 Å². The van der Waals surface area contributed by atoms with Gasteiger partial charge in [0.2, 0.25) is 0 Å². The first-order valence-corrected chi connectivity index (χ1v) is 7.28. The van der Waals surface area contributed by atoms with Crippen molar-refractivity contribution in [3.63, 3.8) is 0 Å². The Morgan fingerprint density at radius 2 is 2.05 bits per heavy atom. The summed E-state index contributed by atoms with van der Waals surface area (Å²) in [6.45, 7) is 5.73. The number of hydrogen-bond donors (Lipinski definition) is 0. The molecule has 108 valence electrons. The third kappa shape index (κ3) is 2.24. The molecule has 1 aliphatic heterocycles. The minimum Gasteiger partial charge on any atom is -0.356 e. The van der Waals surface area contributed by atoms with Crippen LogP contribution in [0.25, 0.3) is 11.0 Å². The zero-order valence-electron chi connectivity index (χ0n) is 12.5. The Hall–Kier alpha value is -1.69. The van der Waals surface area contributed by atoms with Crippen LogP contribution in [-0.2, 0) is 7.05 Å². The van der Waals surface area contributed by atoms with Crippen molar-refractivity contribution in [1.29, 1.82) is 0 Å². The molecule has 2 aromatic rings. The monoisotopic (exact) mass is 274 g/mol. The first-order chi connectivity index (χ1) is 9.70. The summed E-state index contributed by atoms with van der Waals surface area (Å²) < 4.78 is 1.80. The highest BCUT2D eigenvalue weighted by Crippen LogP contribution is 2.26. The molecule has 3 heterocycles. The van der Waals surface area contributed by atoms with Crippen LogP contribution in [0.2, 0.25) is 0 Å². The van der Waals surface area contributed by atoms with E-state index < -0.39 is 0 Å². The third-order valence-corrected chi connectivity index (χ3v) is 4.39. The molecular weight excluding hydrogens is 252 g/mol. The number of piperidine rings is 1. The number of hydrogen-bond acceptors (Lipinski definition) is 5. The van der Waals surface area contributed by atoms with Crippen LogP contribution in [0.5, 0.6) is 0 Å². The van der Waals surface area contributed by atoms with E-state index in [1.807, 2.05) is 13.2 Å². The van der Waals surface area contributed by atoms with E-state index in [0.717, 1.165) is 23.4 Å². The van der Waals surface area contributed by atoms with Gasteiger partial charge in [-0.25, -0.2) is 9.97 Å². The molecule has 1 saturated heterocycles. The first-order valence-electron chi connectivity index (χ1n) is 7.28. The molecule has 2 aromatic heterocycles. The van der Waals surface area contributed by atoms with Crippen molar-refractivity contribution in [2.24, 2.45) is 7.05 Å². The van der Waals surface area contributed by atoms with Gasteiger partial charge in [-0.3, -0.25) is 4.68 Å². The SMILES string of the molecule is CCN1CCC(N(C)c2ncnc3c2cnn3C)CC1. The van der Waals surface area contributed by atoms with Gasteiger partial charge in [0.05, 0.1) is 11.6 Å². The molecule has 0 N–H and O–H groups in total. The molecule has 0 spiro atoms. The minimum atomic E-state index is 0.552. The standard InChI is InChI=1S/C14H22N6/c1-4-20-7-5-11(6-8-20)18(2)13-12-9-17-19(3)14(12)16-10-15-13/h9-11H,4-8H2,1-3H3. The average Bonchev–Trinajstić information content (AvgIpc) is 2.88. The van der Waals surface area contributed by atoms with Crippen molar-refractivity contribution in [3.8, 4) is 0 Å². The first kappa shape index (κ1) is 13.3. The average molecular weight is 274 g/mol. The lowest BCUT2D eigenvalue weighted by atomic mass is 10.0. The van der Waals surface area contributed by atoms with Crippen molar-refractivity contribution in [3.05, 3.63) is 12.5 Å². The quantitative estimate of drug-likeness (QED) is 0.844. The third-order valence-electron chi connectivity index (χ3n) is 4.39. The summed E-state index contributed by atoms with van der Waals surface area (Å²) in [5.74, 6) is 0.998. The molecule has 0 unspecified atom stereocenters. The fourth-order valence-electron chi connectivity index (χ4n) is 3.03. The van der Waals surface area contributed by atoms with E-state index in [9.17, 15) is 0 Å². The van der Waals surface area contributed by atoms with E-state index in [1.54, 1.807) is 11.0 Å². The highest BCUT2D eigenvalue weighted by atomic mass is 15.3. The zero-order valence-corrected chi connectivity index (χ0v) is 12.5. The summed E-state index contributed by atoms with van der Waals surface area (Å²) in [5, 5.41) is 5.33. The molecule has 1 aliphatic rings. The second-order valence-electron chi connectivity index (χ2n) is 5.48. The largest absolute Gasteiger partial charge is 0.356 e. The van der Waals surface area contributed by atoms with E-state index in [1.165, 1.54) is 25.9 Å². The van der Waals surface area contributed by atoms with Crippen LogP contribution < -0.4 is 4.90 Å². The number of fused-ring (bicyclic) bond motifs is 1. The van der Waals surface area contributed by atoms with Gasteiger partial charge in [0.25, 0.3) is 0 Å². The fraction of sp³-hybridized carbons (Fsp3) is 0.643. The normalized spacial score (nSPS) is 17.8. The summed E-state index contributed by atoms with van der Waals surface area (Å²) in [5.41, 5.74) is 0.896. The molecule has 0 radical (unpaired) electrons. The van der Waals surface area contributed by atoms with Gasteiger partial charge in [-0.1, -0.05) is 6.92 Å². The molecule has 0 aliphatic carbocycles. The van der Waals surface area contributed by atoms with Gasteiger partial charge in [0.1, 0.15) is 12.1 Å². The minimum absolute atomic E-state index is 0.552. The van der Waals surface area contributed by atoms with Gasteiger partial charge in [-0.15, -0.1) is 0 Å². The van der Waals surface area contributed by atoms with Crippen LogP contribution in [0.3, 0.4) is 0 Å². The number of aryl methyl sites for hydroxylation is 1. The van der Waals surface area contributed by atoms with Crippen LogP contribution in [0, 0.1) is 0 Å². The highest BCUT2D eigenvalue weighted by Gasteiger charge is 2.24. The fourth-order valence-corrected chi connectivity index (χ4v) is 3.03. The summed E-state index contributed by atoms with van der Waals surface area (Å²) in [6.07, 6.45) is 5.88. The predicted molar refractivity (Wildman–Crippen MR) is 79.8 cm³/mol. The van der Waals surface area contributed by atoms with E-state index in [0.29, 0.717) is 6.04 Å². The lowest BCUT2D eigenvalue weighted by Gasteiger charge is -2.36. The number of likely N-dealkylation sites (tertiary alicyclic amines) is 1. The summed E-state index contributed by atoms with van der Waals surface area (Å²) in [7, 11) is 4.06. The summed E-state index contributed by atoms with van der Waals surface area (Å²) in [6, 6.07) is 0.552. The number of rotatable bonds is 3. The van der Waals surface area contributed by atoms with Gasteiger partial charge in [-0.05, 0) is 19.4 Å². The molecular formula is C14H22N6. The van der Waals surface area contributed by atoms with E-state index >= 15 is 0 Å². The maximum atomic E-state index is 4.48. The Morgan fingerprint density at radius 3 is 2.75 bits per heavy atom. The Bertz CT molecular complexity index is 584. The van der Waals surface area contributed by atoms with Crippen molar-refractivity contribution in [2.75, 3.05) is 31.6 Å². The number of anilines is 1. The van der Waals surface area contributed by atoms with Crippen molar-refractivity contribution in [1.82, 2.24) is 24.6 Å². The number of nitrogens with zero attached hydrogens (tertiary/aromatic N) is 6. The Kier molecular flexibility index (Phi) is 3.56. The zero-order chi connectivity index (χ0) is 14.1. The van der Waals surface area contributed by atoms with Crippen LogP contribution in [0.1, 0.15) is 19.8 Å². The number of aromatic nitrogens is 4. The second-order valence-corrected chi connectivity index (χ2v) is 5.48. The van der Waals surface area contributed by atoms with Gasteiger partial charge in [0.15, 0.2) is 5.65 Å². The van der Waals surface area contributed by atoms with Gasteiger partial charge in [-0.2, -0.15) is 5.10 Å². The molecule has 6 heteroatoms. The summed E-state index contributed by atoms with van der Waals surface area (Å²) >= 11 is 0.